The van der Waals surface area contributed by atoms with Crippen LogP contribution in [0.1, 0.15) is 0 Å². The van der Waals surface area contributed by atoms with Gasteiger partial charge in [0.15, 0.2) is 0 Å². The first kappa shape index (κ1) is 22.9. The van der Waals surface area contributed by atoms with Gasteiger partial charge in [0.1, 0.15) is 11.6 Å². The molecule has 0 amide bonds. The number of hydrogen-bond donors (Lipinski definition) is 0. The first-order valence-electron chi connectivity index (χ1n) is 13.1. The second-order valence-corrected chi connectivity index (χ2v) is 9.47. The van der Waals surface area contributed by atoms with Crippen molar-refractivity contribution in [3.63, 3.8) is 0 Å². The lowest BCUT2D eigenvalue weighted by Crippen LogP contribution is -2.14. The van der Waals surface area contributed by atoms with E-state index in [1.165, 1.54) is 33.0 Å². The number of hydrogen-bond acceptors (Lipinski definition) is 3. The number of pyridine rings is 2. The summed E-state index contributed by atoms with van der Waals surface area (Å²) in [5.41, 5.74) is 5.92. The lowest BCUT2D eigenvalue weighted by molar-refractivity contribution is 1.14. The monoisotopic (exact) mass is 499 g/mol. The summed E-state index contributed by atoms with van der Waals surface area (Å²) in [7, 11) is 0. The van der Waals surface area contributed by atoms with Crippen molar-refractivity contribution < 1.29 is 0 Å². The second-order valence-electron chi connectivity index (χ2n) is 9.47. The zero-order chi connectivity index (χ0) is 26.0. The molecular weight excluding hydrogens is 474 g/mol. The first-order valence-corrected chi connectivity index (χ1v) is 13.1. The van der Waals surface area contributed by atoms with Gasteiger partial charge in [-0.3, -0.25) is 4.90 Å². The van der Waals surface area contributed by atoms with Gasteiger partial charge >= 0.3 is 0 Å². The molecule has 39 heavy (non-hydrogen) atoms. The molecule has 0 unspecified atom stereocenters. The average molecular weight is 500 g/mol. The molecule has 7 aromatic rings. The van der Waals surface area contributed by atoms with E-state index in [0.29, 0.717) is 0 Å². The molecule has 0 saturated carbocycles. The Morgan fingerprint density at radius 2 is 0.795 bits per heavy atom. The topological polar surface area (TPSA) is 29.0 Å². The van der Waals surface area contributed by atoms with Crippen LogP contribution in [0.3, 0.4) is 0 Å². The fourth-order valence-corrected chi connectivity index (χ4v) is 5.44. The maximum Gasteiger partial charge on any atom is 0.138 e. The second kappa shape index (κ2) is 9.88. The normalized spacial score (nSPS) is 11.1. The van der Waals surface area contributed by atoms with E-state index in [0.717, 1.165) is 28.1 Å². The van der Waals surface area contributed by atoms with Crippen LogP contribution in [0.15, 0.2) is 152 Å². The molecule has 0 bridgehead atoms. The Kier molecular flexibility index (Phi) is 5.80. The van der Waals surface area contributed by atoms with Crippen LogP contribution in [0.5, 0.6) is 0 Å². The molecule has 3 heteroatoms. The Morgan fingerprint density at radius 1 is 0.359 bits per heavy atom. The molecule has 2 heterocycles. The summed E-state index contributed by atoms with van der Waals surface area (Å²) in [6, 6.07) is 48.7. The molecule has 0 N–H and O–H groups in total. The summed E-state index contributed by atoms with van der Waals surface area (Å²) >= 11 is 0. The molecule has 0 atom stereocenters. The third-order valence-corrected chi connectivity index (χ3v) is 7.16. The largest absolute Gasteiger partial charge is 0.278 e. The SMILES string of the molecule is c1ccc(-c2ccc(-c3c4ccccc4c(N(c4ccccn4)c4ccccn4)c4ccccc34)cc2)cc1. The highest BCUT2D eigenvalue weighted by Gasteiger charge is 2.23. The lowest BCUT2D eigenvalue weighted by atomic mass is 9.89. The summed E-state index contributed by atoms with van der Waals surface area (Å²) in [5.74, 6) is 1.65. The zero-order valence-corrected chi connectivity index (χ0v) is 21.3. The number of rotatable bonds is 5. The fourth-order valence-electron chi connectivity index (χ4n) is 5.44. The molecular formula is C36H25N3. The Hall–Kier alpha value is -5.28. The van der Waals surface area contributed by atoms with Crippen LogP contribution in [0, 0.1) is 0 Å². The fraction of sp³-hybridized carbons (Fsp3) is 0. The van der Waals surface area contributed by atoms with Gasteiger partial charge in [0, 0.05) is 23.2 Å². The van der Waals surface area contributed by atoms with Crippen molar-refractivity contribution in [1.82, 2.24) is 9.97 Å². The van der Waals surface area contributed by atoms with Gasteiger partial charge in [-0.05, 0) is 57.3 Å². The number of fused-ring (bicyclic) bond motifs is 2. The highest BCUT2D eigenvalue weighted by Crippen LogP contribution is 2.47. The number of anilines is 3. The van der Waals surface area contributed by atoms with Gasteiger partial charge < -0.3 is 0 Å². The molecule has 0 aliphatic heterocycles. The molecule has 184 valence electrons. The molecule has 0 saturated heterocycles. The summed E-state index contributed by atoms with van der Waals surface area (Å²) in [6.45, 7) is 0. The molecule has 2 aromatic heterocycles. The highest BCUT2D eigenvalue weighted by molar-refractivity contribution is 6.22. The van der Waals surface area contributed by atoms with Gasteiger partial charge in [0.25, 0.3) is 0 Å². The molecule has 3 nitrogen and oxygen atoms in total. The highest BCUT2D eigenvalue weighted by atomic mass is 15.2. The Labute approximate surface area is 227 Å². The van der Waals surface area contributed by atoms with Gasteiger partial charge in [-0.25, -0.2) is 9.97 Å². The minimum absolute atomic E-state index is 0.825. The Morgan fingerprint density at radius 3 is 1.31 bits per heavy atom. The smallest absolute Gasteiger partial charge is 0.138 e. The zero-order valence-electron chi connectivity index (χ0n) is 21.3. The minimum Gasteiger partial charge on any atom is -0.278 e. The first-order chi connectivity index (χ1) is 19.4. The maximum atomic E-state index is 4.75. The van der Waals surface area contributed by atoms with Crippen LogP contribution in [-0.2, 0) is 0 Å². The molecule has 0 aliphatic carbocycles. The lowest BCUT2D eigenvalue weighted by Gasteiger charge is -2.27. The van der Waals surface area contributed by atoms with Crippen molar-refractivity contribution in [2.75, 3.05) is 4.90 Å². The van der Waals surface area contributed by atoms with E-state index in [4.69, 9.17) is 9.97 Å². The maximum absolute atomic E-state index is 4.75. The van der Waals surface area contributed by atoms with Crippen LogP contribution in [0.25, 0.3) is 43.8 Å². The summed E-state index contributed by atoms with van der Waals surface area (Å²) in [4.78, 5) is 11.7. The van der Waals surface area contributed by atoms with E-state index < -0.39 is 0 Å². The van der Waals surface area contributed by atoms with E-state index in [1.54, 1.807) is 0 Å². The van der Waals surface area contributed by atoms with Crippen LogP contribution in [-0.4, -0.2) is 9.97 Å². The van der Waals surface area contributed by atoms with E-state index >= 15 is 0 Å². The molecule has 7 rings (SSSR count). The van der Waals surface area contributed by atoms with E-state index in [9.17, 15) is 0 Å². The molecule has 0 spiro atoms. The van der Waals surface area contributed by atoms with Gasteiger partial charge in [0.05, 0.1) is 5.69 Å². The van der Waals surface area contributed by atoms with Crippen LogP contribution >= 0.6 is 0 Å². The quantitative estimate of drug-likeness (QED) is 0.221. The van der Waals surface area contributed by atoms with Gasteiger partial charge in [0.2, 0.25) is 0 Å². The third-order valence-electron chi connectivity index (χ3n) is 7.16. The standard InChI is InChI=1S/C36H25N3/c1-2-12-26(13-3-1)27-20-22-28(23-21-27)35-29-14-4-6-16-31(29)36(32-17-7-5-15-30(32)35)39(33-18-8-10-24-37-33)34-19-9-11-25-38-34/h1-25H. The van der Waals surface area contributed by atoms with Gasteiger partial charge in [-0.15, -0.1) is 0 Å². The predicted molar refractivity (Wildman–Crippen MR) is 163 cm³/mol. The minimum atomic E-state index is 0.825. The Bertz CT molecular complexity index is 1790. The van der Waals surface area contributed by atoms with Crippen LogP contribution < -0.4 is 4.90 Å². The van der Waals surface area contributed by atoms with Crippen molar-refractivity contribution in [3.05, 3.63) is 152 Å². The van der Waals surface area contributed by atoms with Crippen LogP contribution in [0.4, 0.5) is 17.3 Å². The average Bonchev–Trinajstić information content (AvgIpc) is 3.02. The Balaban J connectivity index is 1.52. The summed E-state index contributed by atoms with van der Waals surface area (Å²) in [5, 5.41) is 4.68. The van der Waals surface area contributed by atoms with Crippen molar-refractivity contribution in [1.29, 1.82) is 0 Å². The van der Waals surface area contributed by atoms with Crippen molar-refractivity contribution in [2.45, 2.75) is 0 Å². The summed E-state index contributed by atoms with van der Waals surface area (Å²) in [6.07, 6.45) is 3.66. The number of nitrogens with zero attached hydrogens (tertiary/aromatic N) is 3. The van der Waals surface area contributed by atoms with E-state index in [-0.39, 0.29) is 0 Å². The van der Waals surface area contributed by atoms with Crippen molar-refractivity contribution in [3.8, 4) is 22.3 Å². The van der Waals surface area contributed by atoms with Gasteiger partial charge in [-0.2, -0.15) is 0 Å². The summed E-state index contributed by atoms with van der Waals surface area (Å²) < 4.78 is 0. The van der Waals surface area contributed by atoms with E-state index in [2.05, 4.69) is 108 Å². The van der Waals surface area contributed by atoms with Gasteiger partial charge in [-0.1, -0.05) is 115 Å². The predicted octanol–water partition coefficient (Wildman–Crippen LogP) is 9.59. The molecule has 0 aliphatic rings. The van der Waals surface area contributed by atoms with Crippen molar-refractivity contribution >= 4 is 38.9 Å². The third kappa shape index (κ3) is 4.11. The van der Waals surface area contributed by atoms with E-state index in [1.807, 2.05) is 48.8 Å². The molecule has 5 aromatic carbocycles. The molecule has 0 fully saturated rings. The molecule has 0 radical (unpaired) electrons. The number of benzene rings is 5. The van der Waals surface area contributed by atoms with Crippen molar-refractivity contribution in [2.24, 2.45) is 0 Å². The number of aromatic nitrogens is 2. The van der Waals surface area contributed by atoms with Crippen LogP contribution in [0.2, 0.25) is 0 Å².